The molecule has 0 aromatic carbocycles. The van der Waals surface area contributed by atoms with Crippen molar-refractivity contribution in [3.8, 4) is 0 Å². The van der Waals surface area contributed by atoms with Crippen LogP contribution in [0, 0.1) is 0 Å². The minimum atomic E-state index is -0.393. The normalized spacial score (nSPS) is 10.5. The third-order valence-corrected chi connectivity index (χ3v) is 3.14. The summed E-state index contributed by atoms with van der Waals surface area (Å²) in [6.07, 6.45) is 4.56. The average molecular weight is 300 g/mol. The molecule has 0 saturated carbocycles. The zero-order valence-corrected chi connectivity index (χ0v) is 11.5. The zero-order valence-electron chi connectivity index (χ0n) is 10.7. The van der Waals surface area contributed by atoms with Gasteiger partial charge in [0.2, 0.25) is 0 Å². The van der Waals surface area contributed by atoms with E-state index in [2.05, 4.69) is 20.3 Å². The Labute approximate surface area is 125 Å². The van der Waals surface area contributed by atoms with Gasteiger partial charge in [0.05, 0.1) is 33.6 Å². The fourth-order valence-corrected chi connectivity index (χ4v) is 1.90. The van der Waals surface area contributed by atoms with Crippen molar-refractivity contribution in [3.63, 3.8) is 0 Å². The Morgan fingerprint density at radius 3 is 2.81 bits per heavy atom. The van der Waals surface area contributed by atoms with E-state index in [0.717, 1.165) is 5.52 Å². The molecule has 0 atom stereocenters. The van der Waals surface area contributed by atoms with Crippen molar-refractivity contribution >= 4 is 39.9 Å². The quantitative estimate of drug-likeness (QED) is 0.758. The van der Waals surface area contributed by atoms with Gasteiger partial charge in [-0.1, -0.05) is 11.6 Å². The lowest BCUT2D eigenvalue weighted by molar-refractivity contribution is 0.102. The van der Waals surface area contributed by atoms with Gasteiger partial charge in [-0.05, 0) is 24.3 Å². The van der Waals surface area contributed by atoms with Crippen molar-refractivity contribution in [1.82, 2.24) is 15.0 Å². The van der Waals surface area contributed by atoms with Crippen LogP contribution >= 0.6 is 11.6 Å². The van der Waals surface area contributed by atoms with Crippen LogP contribution in [-0.4, -0.2) is 20.9 Å². The lowest BCUT2D eigenvalue weighted by Gasteiger charge is -2.06. The van der Waals surface area contributed by atoms with Crippen molar-refractivity contribution in [1.29, 1.82) is 0 Å². The maximum absolute atomic E-state index is 12.1. The first-order valence-corrected chi connectivity index (χ1v) is 6.44. The Kier molecular flexibility index (Phi) is 3.37. The van der Waals surface area contributed by atoms with E-state index < -0.39 is 5.91 Å². The highest BCUT2D eigenvalue weighted by Gasteiger charge is 2.10. The summed E-state index contributed by atoms with van der Waals surface area (Å²) < 4.78 is 0. The van der Waals surface area contributed by atoms with Crippen molar-refractivity contribution in [2.45, 2.75) is 0 Å². The smallest absolute Gasteiger partial charge is 0.274 e. The van der Waals surface area contributed by atoms with Crippen molar-refractivity contribution < 1.29 is 4.79 Å². The molecule has 0 fully saturated rings. The second kappa shape index (κ2) is 5.34. The van der Waals surface area contributed by atoms with Crippen molar-refractivity contribution in [2.24, 2.45) is 0 Å². The molecular weight excluding hydrogens is 290 g/mol. The molecule has 0 aliphatic rings. The molecule has 0 bridgehead atoms. The molecule has 3 aromatic rings. The van der Waals surface area contributed by atoms with Crippen LogP contribution in [0.1, 0.15) is 10.5 Å². The van der Waals surface area contributed by atoms with E-state index in [-0.39, 0.29) is 5.69 Å². The fraction of sp³-hybridized carbons (Fsp3) is 0. The number of nitrogens with two attached hydrogens (primary N) is 1. The number of amides is 1. The first kappa shape index (κ1) is 13.3. The molecule has 104 valence electrons. The Bertz CT molecular complexity index is 836. The molecule has 3 N–H and O–H groups in total. The monoisotopic (exact) mass is 299 g/mol. The Morgan fingerprint density at radius 2 is 2.00 bits per heavy atom. The van der Waals surface area contributed by atoms with Gasteiger partial charge >= 0.3 is 0 Å². The van der Waals surface area contributed by atoms with Crippen molar-refractivity contribution in [2.75, 3.05) is 11.1 Å². The molecule has 0 saturated heterocycles. The second-order valence-corrected chi connectivity index (χ2v) is 4.72. The number of aromatic nitrogens is 3. The molecule has 3 aromatic heterocycles. The van der Waals surface area contributed by atoms with Gasteiger partial charge < -0.3 is 11.1 Å². The first-order chi connectivity index (χ1) is 10.1. The standard InChI is InChI=1S/C14H10ClN5O/c15-9-7-19-13(5-10(9)16)14(21)20-8-4-12-11(18-6-8)2-1-3-17-12/h1-7H,(H2,16,19)(H,20,21). The SMILES string of the molecule is Nc1cc(C(=O)Nc2cnc3cccnc3c2)ncc1Cl. The number of hydrogen-bond donors (Lipinski definition) is 2. The summed E-state index contributed by atoms with van der Waals surface area (Å²) in [7, 11) is 0. The highest BCUT2D eigenvalue weighted by atomic mass is 35.5. The molecule has 0 spiro atoms. The molecule has 21 heavy (non-hydrogen) atoms. The number of hydrogen-bond acceptors (Lipinski definition) is 5. The first-order valence-electron chi connectivity index (χ1n) is 6.06. The van der Waals surface area contributed by atoms with Crippen LogP contribution in [0.3, 0.4) is 0 Å². The fourth-order valence-electron chi connectivity index (χ4n) is 1.79. The highest BCUT2D eigenvalue weighted by molar-refractivity contribution is 6.33. The minimum absolute atomic E-state index is 0.179. The molecule has 7 heteroatoms. The third kappa shape index (κ3) is 2.75. The van der Waals surface area contributed by atoms with Crippen LogP contribution in [0.5, 0.6) is 0 Å². The van der Waals surface area contributed by atoms with Crippen LogP contribution < -0.4 is 11.1 Å². The summed E-state index contributed by atoms with van der Waals surface area (Å²) in [5.74, 6) is -0.393. The Morgan fingerprint density at radius 1 is 1.14 bits per heavy atom. The van der Waals surface area contributed by atoms with E-state index >= 15 is 0 Å². The van der Waals surface area contributed by atoms with Crippen LogP contribution in [0.4, 0.5) is 11.4 Å². The van der Waals surface area contributed by atoms with E-state index in [4.69, 9.17) is 17.3 Å². The average Bonchev–Trinajstić information content (AvgIpc) is 2.50. The van der Waals surface area contributed by atoms with Gasteiger partial charge in [-0.2, -0.15) is 0 Å². The summed E-state index contributed by atoms with van der Waals surface area (Å²) in [5.41, 5.74) is 8.11. The van der Waals surface area contributed by atoms with Gasteiger partial charge in [0.25, 0.3) is 5.91 Å². The lowest BCUT2D eigenvalue weighted by atomic mass is 10.2. The number of nitrogens with zero attached hydrogens (tertiary/aromatic N) is 3. The van der Waals surface area contributed by atoms with E-state index in [9.17, 15) is 4.79 Å². The van der Waals surface area contributed by atoms with Crippen LogP contribution in [0.25, 0.3) is 11.0 Å². The van der Waals surface area contributed by atoms with Gasteiger partial charge in [0.1, 0.15) is 5.69 Å². The number of rotatable bonds is 2. The van der Waals surface area contributed by atoms with Crippen LogP contribution in [-0.2, 0) is 0 Å². The number of nitrogen functional groups attached to an aromatic ring is 1. The number of carbonyl (C=O) groups is 1. The van der Waals surface area contributed by atoms with Gasteiger partial charge in [0.15, 0.2) is 0 Å². The maximum Gasteiger partial charge on any atom is 0.274 e. The minimum Gasteiger partial charge on any atom is -0.397 e. The molecule has 0 aliphatic heterocycles. The van der Waals surface area contributed by atoms with Gasteiger partial charge in [-0.3, -0.25) is 14.8 Å². The van der Waals surface area contributed by atoms with E-state index in [1.165, 1.54) is 12.3 Å². The Hall–Kier alpha value is -2.73. The van der Waals surface area contributed by atoms with Crippen LogP contribution in [0.15, 0.2) is 42.9 Å². The number of anilines is 2. The number of halogens is 1. The number of carbonyl (C=O) groups excluding carboxylic acids is 1. The molecule has 0 aliphatic carbocycles. The predicted octanol–water partition coefficient (Wildman–Crippen LogP) is 2.51. The number of nitrogens with one attached hydrogen (secondary N) is 1. The molecular formula is C14H10ClN5O. The number of pyridine rings is 3. The van der Waals surface area contributed by atoms with Gasteiger partial charge in [-0.15, -0.1) is 0 Å². The second-order valence-electron chi connectivity index (χ2n) is 4.31. The summed E-state index contributed by atoms with van der Waals surface area (Å²) in [6.45, 7) is 0. The molecule has 3 heterocycles. The van der Waals surface area contributed by atoms with E-state index in [1.54, 1.807) is 24.5 Å². The molecule has 6 nitrogen and oxygen atoms in total. The van der Waals surface area contributed by atoms with Gasteiger partial charge in [-0.25, -0.2) is 4.98 Å². The molecule has 1 amide bonds. The summed E-state index contributed by atoms with van der Waals surface area (Å²) in [5, 5.41) is 3.00. The molecule has 0 unspecified atom stereocenters. The molecule has 3 rings (SSSR count). The number of fused-ring (bicyclic) bond motifs is 1. The highest BCUT2D eigenvalue weighted by Crippen LogP contribution is 2.19. The lowest BCUT2D eigenvalue weighted by Crippen LogP contribution is -2.14. The van der Waals surface area contributed by atoms with E-state index in [0.29, 0.717) is 21.9 Å². The van der Waals surface area contributed by atoms with Gasteiger partial charge in [0, 0.05) is 12.4 Å². The van der Waals surface area contributed by atoms with Crippen LogP contribution in [0.2, 0.25) is 5.02 Å². The zero-order chi connectivity index (χ0) is 14.8. The summed E-state index contributed by atoms with van der Waals surface area (Å²) in [4.78, 5) is 24.4. The third-order valence-electron chi connectivity index (χ3n) is 2.83. The largest absolute Gasteiger partial charge is 0.397 e. The maximum atomic E-state index is 12.1. The molecule has 0 radical (unpaired) electrons. The predicted molar refractivity (Wildman–Crippen MR) is 81.2 cm³/mol. The summed E-state index contributed by atoms with van der Waals surface area (Å²) >= 11 is 5.77. The van der Waals surface area contributed by atoms with E-state index in [1.807, 2.05) is 6.07 Å². The van der Waals surface area contributed by atoms with Crippen molar-refractivity contribution in [3.05, 3.63) is 53.6 Å². The topological polar surface area (TPSA) is 93.8 Å². The summed E-state index contributed by atoms with van der Waals surface area (Å²) in [6, 6.07) is 6.80. The Balaban J connectivity index is 1.87.